The molecule has 0 spiro atoms. The van der Waals surface area contributed by atoms with Crippen LogP contribution in [0.1, 0.15) is 26.2 Å². The highest BCUT2D eigenvalue weighted by Gasteiger charge is 2.16. The summed E-state index contributed by atoms with van der Waals surface area (Å²) in [5.41, 5.74) is 4.77. The van der Waals surface area contributed by atoms with Crippen LogP contribution in [-0.2, 0) is 0 Å². The molecule has 0 heterocycles. The third-order valence-electron chi connectivity index (χ3n) is 2.88. The van der Waals surface area contributed by atoms with E-state index in [-0.39, 0.29) is 0 Å². The first-order valence-electron chi connectivity index (χ1n) is 6.27. The number of hydrogen-bond acceptors (Lipinski definition) is 4. The van der Waals surface area contributed by atoms with Gasteiger partial charge >= 0.3 is 0 Å². The Bertz CT molecular complexity index is 338. The largest absolute Gasteiger partial charge is 0.497 e. The first kappa shape index (κ1) is 15.3. The molecule has 1 aromatic carbocycles. The summed E-state index contributed by atoms with van der Waals surface area (Å²) in [7, 11) is 1.67. The highest BCUT2D eigenvalue weighted by atomic mass is 32.2. The van der Waals surface area contributed by atoms with Crippen molar-refractivity contribution >= 4 is 11.8 Å². The molecule has 0 saturated heterocycles. The number of aliphatic hydroxyl groups is 1. The number of nitrogens with two attached hydrogens (primary N) is 1. The van der Waals surface area contributed by atoms with E-state index in [4.69, 9.17) is 10.5 Å². The molecule has 1 rings (SSSR count). The first-order chi connectivity index (χ1) is 8.57. The summed E-state index contributed by atoms with van der Waals surface area (Å²) in [6.07, 6.45) is 2.87. The summed E-state index contributed by atoms with van der Waals surface area (Å²) in [5.74, 6) is 1.95. The third-order valence-corrected chi connectivity index (χ3v) is 3.98. The second kappa shape index (κ2) is 7.67. The molecule has 1 atom stereocenters. The van der Waals surface area contributed by atoms with E-state index < -0.39 is 5.60 Å². The Balaban J connectivity index is 2.17. The van der Waals surface area contributed by atoms with Crippen LogP contribution in [-0.4, -0.2) is 30.1 Å². The van der Waals surface area contributed by atoms with E-state index in [2.05, 4.69) is 12.1 Å². The lowest BCUT2D eigenvalue weighted by Crippen LogP contribution is -2.33. The molecule has 0 aliphatic carbocycles. The topological polar surface area (TPSA) is 55.5 Å². The Morgan fingerprint density at radius 2 is 1.94 bits per heavy atom. The van der Waals surface area contributed by atoms with Gasteiger partial charge in [-0.05, 0) is 56.2 Å². The van der Waals surface area contributed by atoms with Gasteiger partial charge in [0.05, 0.1) is 12.7 Å². The fourth-order valence-corrected chi connectivity index (χ4v) is 2.48. The van der Waals surface area contributed by atoms with Crippen molar-refractivity contribution in [3.8, 4) is 5.75 Å². The molecule has 0 fully saturated rings. The molecule has 18 heavy (non-hydrogen) atoms. The fourth-order valence-electron chi connectivity index (χ4n) is 1.57. The van der Waals surface area contributed by atoms with Crippen molar-refractivity contribution in [2.24, 2.45) is 5.73 Å². The van der Waals surface area contributed by atoms with Gasteiger partial charge in [-0.2, -0.15) is 0 Å². The molecule has 3 N–H and O–H groups in total. The zero-order chi connectivity index (χ0) is 13.4. The van der Waals surface area contributed by atoms with Crippen LogP contribution in [0.25, 0.3) is 0 Å². The predicted molar refractivity (Wildman–Crippen MR) is 77.2 cm³/mol. The smallest absolute Gasteiger partial charge is 0.118 e. The number of hydrogen-bond donors (Lipinski definition) is 2. The Morgan fingerprint density at radius 1 is 1.28 bits per heavy atom. The van der Waals surface area contributed by atoms with Gasteiger partial charge in [0.2, 0.25) is 0 Å². The van der Waals surface area contributed by atoms with Gasteiger partial charge < -0.3 is 15.6 Å². The Labute approximate surface area is 114 Å². The van der Waals surface area contributed by atoms with Gasteiger partial charge in [0.25, 0.3) is 0 Å². The van der Waals surface area contributed by atoms with Gasteiger partial charge in [0.15, 0.2) is 0 Å². The van der Waals surface area contributed by atoms with Crippen LogP contribution < -0.4 is 10.5 Å². The van der Waals surface area contributed by atoms with E-state index in [1.807, 2.05) is 23.9 Å². The van der Waals surface area contributed by atoms with Crippen molar-refractivity contribution in [1.29, 1.82) is 0 Å². The molecular weight excluding hydrogens is 246 g/mol. The predicted octanol–water partition coefficient (Wildman–Crippen LogP) is 2.67. The monoisotopic (exact) mass is 269 g/mol. The molecule has 4 heteroatoms. The number of ether oxygens (including phenoxy) is 1. The van der Waals surface area contributed by atoms with Crippen LogP contribution in [0.2, 0.25) is 0 Å². The van der Waals surface area contributed by atoms with E-state index in [0.717, 1.165) is 30.8 Å². The minimum Gasteiger partial charge on any atom is -0.497 e. The van der Waals surface area contributed by atoms with E-state index in [0.29, 0.717) is 6.54 Å². The molecule has 0 amide bonds. The molecule has 0 saturated carbocycles. The highest BCUT2D eigenvalue weighted by Crippen LogP contribution is 2.23. The average molecular weight is 269 g/mol. The SMILES string of the molecule is COc1ccc(SCCCCC(C)(O)CN)cc1. The molecule has 0 aliphatic heterocycles. The van der Waals surface area contributed by atoms with Gasteiger partial charge in [0, 0.05) is 11.4 Å². The zero-order valence-corrected chi connectivity index (χ0v) is 12.0. The van der Waals surface area contributed by atoms with Crippen LogP contribution >= 0.6 is 11.8 Å². The van der Waals surface area contributed by atoms with Crippen molar-refractivity contribution in [1.82, 2.24) is 0 Å². The van der Waals surface area contributed by atoms with Crippen LogP contribution in [0.15, 0.2) is 29.2 Å². The number of rotatable bonds is 8. The van der Waals surface area contributed by atoms with Crippen molar-refractivity contribution in [3.05, 3.63) is 24.3 Å². The molecule has 1 aromatic rings. The van der Waals surface area contributed by atoms with Gasteiger partial charge in [-0.15, -0.1) is 11.8 Å². The van der Waals surface area contributed by atoms with Gasteiger partial charge in [0.1, 0.15) is 5.75 Å². The quantitative estimate of drug-likeness (QED) is 0.563. The molecule has 102 valence electrons. The van der Waals surface area contributed by atoms with Gasteiger partial charge in [-0.1, -0.05) is 0 Å². The lowest BCUT2D eigenvalue weighted by atomic mass is 10.00. The van der Waals surface area contributed by atoms with E-state index in [1.54, 1.807) is 14.0 Å². The van der Waals surface area contributed by atoms with Crippen molar-refractivity contribution in [2.45, 2.75) is 36.7 Å². The maximum atomic E-state index is 9.75. The Morgan fingerprint density at radius 3 is 2.50 bits per heavy atom. The average Bonchev–Trinajstić information content (AvgIpc) is 2.39. The van der Waals surface area contributed by atoms with E-state index in [9.17, 15) is 5.11 Å². The summed E-state index contributed by atoms with van der Waals surface area (Å²) in [6.45, 7) is 2.13. The van der Waals surface area contributed by atoms with E-state index >= 15 is 0 Å². The van der Waals surface area contributed by atoms with Crippen LogP contribution in [0, 0.1) is 0 Å². The second-order valence-corrected chi connectivity index (χ2v) is 5.85. The van der Waals surface area contributed by atoms with Crippen LogP contribution in [0.3, 0.4) is 0 Å². The number of methoxy groups -OCH3 is 1. The molecular formula is C14H23NO2S. The summed E-state index contributed by atoms with van der Waals surface area (Å²) in [4.78, 5) is 1.25. The molecule has 3 nitrogen and oxygen atoms in total. The van der Waals surface area contributed by atoms with Crippen molar-refractivity contribution < 1.29 is 9.84 Å². The minimum atomic E-state index is -0.704. The Hall–Kier alpha value is -0.710. The maximum absolute atomic E-state index is 9.75. The molecule has 0 bridgehead atoms. The zero-order valence-electron chi connectivity index (χ0n) is 11.2. The van der Waals surface area contributed by atoms with Crippen LogP contribution in [0.4, 0.5) is 0 Å². The molecule has 0 aliphatic rings. The normalized spacial score (nSPS) is 14.2. The minimum absolute atomic E-state index is 0.332. The summed E-state index contributed by atoms with van der Waals surface area (Å²) in [6, 6.07) is 8.09. The molecule has 0 aromatic heterocycles. The number of unbranched alkanes of at least 4 members (excludes halogenated alkanes) is 1. The second-order valence-electron chi connectivity index (χ2n) is 4.68. The maximum Gasteiger partial charge on any atom is 0.118 e. The van der Waals surface area contributed by atoms with Gasteiger partial charge in [-0.3, -0.25) is 0 Å². The third kappa shape index (κ3) is 5.76. The number of thioether (sulfide) groups is 1. The summed E-state index contributed by atoms with van der Waals surface area (Å²) < 4.78 is 5.11. The van der Waals surface area contributed by atoms with Crippen molar-refractivity contribution in [3.63, 3.8) is 0 Å². The molecule has 0 radical (unpaired) electrons. The lowest BCUT2D eigenvalue weighted by molar-refractivity contribution is 0.0577. The lowest BCUT2D eigenvalue weighted by Gasteiger charge is -2.20. The Kier molecular flexibility index (Phi) is 6.54. The van der Waals surface area contributed by atoms with Crippen molar-refractivity contribution in [2.75, 3.05) is 19.4 Å². The summed E-state index contributed by atoms with van der Waals surface area (Å²) >= 11 is 1.83. The fraction of sp³-hybridized carbons (Fsp3) is 0.571. The number of benzene rings is 1. The molecule has 1 unspecified atom stereocenters. The highest BCUT2D eigenvalue weighted by molar-refractivity contribution is 7.99. The van der Waals surface area contributed by atoms with E-state index in [1.165, 1.54) is 4.90 Å². The standard InChI is InChI=1S/C14H23NO2S/c1-14(16,11-15)9-3-4-10-18-13-7-5-12(17-2)6-8-13/h5-8,16H,3-4,9-11,15H2,1-2H3. The van der Waals surface area contributed by atoms with Crippen LogP contribution in [0.5, 0.6) is 5.75 Å². The summed E-state index contributed by atoms with van der Waals surface area (Å²) in [5, 5.41) is 9.75. The first-order valence-corrected chi connectivity index (χ1v) is 7.25. The van der Waals surface area contributed by atoms with Gasteiger partial charge in [-0.25, -0.2) is 0 Å².